The van der Waals surface area contributed by atoms with Crippen LogP contribution in [0.3, 0.4) is 0 Å². The zero-order chi connectivity index (χ0) is 18.1. The predicted octanol–water partition coefficient (Wildman–Crippen LogP) is 3.56. The van der Waals surface area contributed by atoms with E-state index in [9.17, 15) is 9.18 Å². The Hall–Kier alpha value is -1.31. The van der Waals surface area contributed by atoms with Gasteiger partial charge in [0.2, 0.25) is 0 Å². The molecule has 1 aromatic rings. The lowest BCUT2D eigenvalue weighted by molar-refractivity contribution is 0.00578. The van der Waals surface area contributed by atoms with Crippen molar-refractivity contribution in [3.05, 3.63) is 40.6 Å². The van der Waals surface area contributed by atoms with Crippen LogP contribution in [0.2, 0.25) is 0 Å². The van der Waals surface area contributed by atoms with Crippen molar-refractivity contribution < 1.29 is 23.2 Å². The maximum Gasteiger partial charge on any atom is 0.491 e. The molecular weight excluding hydrogens is 330 g/mol. The van der Waals surface area contributed by atoms with Crippen molar-refractivity contribution in [3.63, 3.8) is 0 Å². The van der Waals surface area contributed by atoms with Gasteiger partial charge in [0, 0.05) is 11.3 Å². The van der Waals surface area contributed by atoms with Crippen LogP contribution >= 0.6 is 12.6 Å². The van der Waals surface area contributed by atoms with Crippen LogP contribution < -0.4 is 0 Å². The molecule has 7 heteroatoms. The molecule has 1 aliphatic rings. The molecule has 1 aromatic carbocycles. The molecule has 0 radical (unpaired) electrons. The van der Waals surface area contributed by atoms with E-state index in [-0.39, 0.29) is 11.1 Å². The highest BCUT2D eigenvalue weighted by Crippen LogP contribution is 2.39. The number of halogens is 1. The summed E-state index contributed by atoms with van der Waals surface area (Å²) in [6.45, 7) is 7.78. The number of benzene rings is 1. The molecule has 1 heterocycles. The van der Waals surface area contributed by atoms with E-state index in [1.807, 2.05) is 27.7 Å². The molecule has 2 rings (SSSR count). The maximum absolute atomic E-state index is 14.1. The fourth-order valence-electron chi connectivity index (χ4n) is 2.28. The van der Waals surface area contributed by atoms with Crippen molar-refractivity contribution >= 4 is 31.8 Å². The summed E-state index contributed by atoms with van der Waals surface area (Å²) in [6, 6.07) is 4.06. The molecule has 1 aliphatic heterocycles. The topological polar surface area (TPSA) is 44.8 Å². The first kappa shape index (κ1) is 19.0. The summed E-state index contributed by atoms with van der Waals surface area (Å²) in [7, 11) is 0.666. The summed E-state index contributed by atoms with van der Waals surface area (Å²) in [5, 5.41) is 0. The summed E-state index contributed by atoms with van der Waals surface area (Å²) in [4.78, 5) is 11.6. The molecular formula is C17H22BFO4S. The molecule has 0 saturated carbocycles. The first-order valence-electron chi connectivity index (χ1n) is 7.66. The molecule has 0 unspecified atom stereocenters. The van der Waals surface area contributed by atoms with E-state index in [1.165, 1.54) is 25.3 Å². The Kier molecular flexibility index (Phi) is 5.47. The SMILES string of the molecule is COC(=O)c1ccc(F)c(C=C(CS)B2OC(C)(C)C(C)(C)O2)c1. The Morgan fingerprint density at radius 1 is 1.29 bits per heavy atom. The Balaban J connectivity index is 2.37. The maximum atomic E-state index is 14.1. The highest BCUT2D eigenvalue weighted by molar-refractivity contribution is 7.80. The fraction of sp³-hybridized carbons (Fsp3) is 0.471. The summed E-state index contributed by atoms with van der Waals surface area (Å²) >= 11 is 4.31. The average Bonchev–Trinajstić information content (AvgIpc) is 2.73. The molecule has 0 aromatic heterocycles. The minimum Gasteiger partial charge on any atom is -0.465 e. The second kappa shape index (κ2) is 6.90. The van der Waals surface area contributed by atoms with Gasteiger partial charge in [-0.05, 0) is 51.4 Å². The summed E-state index contributed by atoms with van der Waals surface area (Å²) in [5.74, 6) is -0.634. The number of hydrogen-bond acceptors (Lipinski definition) is 5. The van der Waals surface area contributed by atoms with Gasteiger partial charge in [0.15, 0.2) is 0 Å². The smallest absolute Gasteiger partial charge is 0.465 e. The molecule has 0 atom stereocenters. The number of carbonyl (C=O) groups excluding carboxylic acids is 1. The number of hydrogen-bond donors (Lipinski definition) is 1. The summed E-state index contributed by atoms with van der Waals surface area (Å²) in [6.07, 6.45) is 1.61. The first-order chi connectivity index (χ1) is 11.1. The number of ether oxygens (including phenoxy) is 1. The third-order valence-electron chi connectivity index (χ3n) is 4.50. The van der Waals surface area contributed by atoms with Crippen molar-refractivity contribution in [2.24, 2.45) is 0 Å². The van der Waals surface area contributed by atoms with Crippen LogP contribution in [0, 0.1) is 5.82 Å². The van der Waals surface area contributed by atoms with Crippen LogP contribution in [0.25, 0.3) is 6.08 Å². The zero-order valence-corrected chi connectivity index (χ0v) is 15.4. The monoisotopic (exact) mass is 352 g/mol. The van der Waals surface area contributed by atoms with Gasteiger partial charge in [0.05, 0.1) is 23.9 Å². The van der Waals surface area contributed by atoms with E-state index in [0.717, 1.165) is 0 Å². The van der Waals surface area contributed by atoms with Gasteiger partial charge >= 0.3 is 13.1 Å². The lowest BCUT2D eigenvalue weighted by Gasteiger charge is -2.32. The van der Waals surface area contributed by atoms with Gasteiger partial charge in [-0.15, -0.1) is 0 Å². The predicted molar refractivity (Wildman–Crippen MR) is 95.7 cm³/mol. The Labute approximate surface area is 147 Å². The van der Waals surface area contributed by atoms with Gasteiger partial charge < -0.3 is 14.0 Å². The molecule has 0 amide bonds. The fourth-order valence-corrected chi connectivity index (χ4v) is 2.52. The van der Waals surface area contributed by atoms with Crippen LogP contribution in [0.4, 0.5) is 4.39 Å². The highest BCUT2D eigenvalue weighted by atomic mass is 32.1. The summed E-state index contributed by atoms with van der Waals surface area (Å²) in [5.41, 5.74) is 0.227. The van der Waals surface area contributed by atoms with Crippen LogP contribution in [0.5, 0.6) is 0 Å². The molecule has 24 heavy (non-hydrogen) atoms. The Morgan fingerprint density at radius 2 is 1.88 bits per heavy atom. The van der Waals surface area contributed by atoms with Crippen LogP contribution in [-0.4, -0.2) is 37.2 Å². The number of thiol groups is 1. The van der Waals surface area contributed by atoms with Crippen molar-refractivity contribution in [1.82, 2.24) is 0 Å². The number of esters is 1. The molecule has 0 spiro atoms. The summed E-state index contributed by atoms with van der Waals surface area (Å²) < 4.78 is 30.7. The van der Waals surface area contributed by atoms with Gasteiger partial charge in [0.25, 0.3) is 0 Å². The molecule has 1 fully saturated rings. The molecule has 4 nitrogen and oxygen atoms in total. The normalized spacial score (nSPS) is 19.5. The Bertz CT molecular complexity index is 657. The van der Waals surface area contributed by atoms with Crippen LogP contribution in [0.1, 0.15) is 43.6 Å². The number of rotatable bonds is 4. The quantitative estimate of drug-likeness (QED) is 0.511. The molecule has 0 N–H and O–H groups in total. The van der Waals surface area contributed by atoms with Gasteiger partial charge in [-0.3, -0.25) is 0 Å². The minimum atomic E-state index is -0.617. The number of carbonyl (C=O) groups is 1. The van der Waals surface area contributed by atoms with Crippen LogP contribution in [0.15, 0.2) is 23.7 Å². The zero-order valence-electron chi connectivity index (χ0n) is 14.6. The van der Waals surface area contributed by atoms with Crippen molar-refractivity contribution in [1.29, 1.82) is 0 Å². The molecule has 130 valence electrons. The third kappa shape index (κ3) is 3.68. The van der Waals surface area contributed by atoms with Crippen molar-refractivity contribution in [2.45, 2.75) is 38.9 Å². The minimum absolute atomic E-state index is 0.261. The second-order valence-electron chi connectivity index (χ2n) is 6.69. The molecule has 1 saturated heterocycles. The van der Waals surface area contributed by atoms with E-state index >= 15 is 0 Å². The largest absolute Gasteiger partial charge is 0.491 e. The molecule has 0 bridgehead atoms. The highest BCUT2D eigenvalue weighted by Gasteiger charge is 2.52. The van der Waals surface area contributed by atoms with E-state index in [4.69, 9.17) is 9.31 Å². The third-order valence-corrected chi connectivity index (χ3v) is 4.86. The lowest BCUT2D eigenvalue weighted by atomic mass is 9.78. The second-order valence-corrected chi connectivity index (χ2v) is 7.01. The molecule has 0 aliphatic carbocycles. The van der Waals surface area contributed by atoms with E-state index < -0.39 is 30.1 Å². The number of methoxy groups -OCH3 is 1. The van der Waals surface area contributed by atoms with Gasteiger partial charge in [-0.25, -0.2) is 9.18 Å². The lowest BCUT2D eigenvalue weighted by Crippen LogP contribution is -2.41. The first-order valence-corrected chi connectivity index (χ1v) is 8.29. The van der Waals surface area contributed by atoms with Gasteiger partial charge in [-0.1, -0.05) is 6.08 Å². The average molecular weight is 352 g/mol. The van der Waals surface area contributed by atoms with Crippen LogP contribution in [-0.2, 0) is 14.0 Å². The van der Waals surface area contributed by atoms with Gasteiger partial charge in [-0.2, -0.15) is 12.6 Å². The van der Waals surface area contributed by atoms with Crippen molar-refractivity contribution in [3.8, 4) is 0 Å². The van der Waals surface area contributed by atoms with E-state index in [0.29, 0.717) is 11.2 Å². The standard InChI is InChI=1S/C17H22BFO4S/c1-16(2)17(3,4)23-18(22-16)13(10-24)9-12-8-11(15(20)21-5)6-7-14(12)19/h6-9,24H,10H2,1-5H3. The Morgan fingerprint density at radius 3 is 2.38 bits per heavy atom. The van der Waals surface area contributed by atoms with E-state index in [2.05, 4.69) is 17.4 Å². The van der Waals surface area contributed by atoms with Gasteiger partial charge in [0.1, 0.15) is 5.82 Å². The van der Waals surface area contributed by atoms with E-state index in [1.54, 1.807) is 6.08 Å². The van der Waals surface area contributed by atoms with Crippen molar-refractivity contribution in [2.75, 3.05) is 12.9 Å².